The molecule has 2 aromatic rings. The van der Waals surface area contributed by atoms with E-state index in [2.05, 4.69) is 36.7 Å². The molecule has 4 heterocycles. The van der Waals surface area contributed by atoms with E-state index in [1.807, 2.05) is 6.07 Å². The molecule has 22 heavy (non-hydrogen) atoms. The Hall–Kier alpha value is -1.99. The van der Waals surface area contributed by atoms with E-state index in [1.165, 1.54) is 0 Å². The van der Waals surface area contributed by atoms with E-state index in [1.54, 1.807) is 18.7 Å². The number of anilines is 1. The van der Waals surface area contributed by atoms with Gasteiger partial charge < -0.3 is 14.6 Å². The number of nitrogens with zero attached hydrogens (tertiary/aromatic N) is 5. The molecule has 0 unspecified atom stereocenters. The summed E-state index contributed by atoms with van der Waals surface area (Å²) < 4.78 is 5.97. The van der Waals surface area contributed by atoms with Crippen molar-refractivity contribution in [1.29, 1.82) is 0 Å². The van der Waals surface area contributed by atoms with Gasteiger partial charge in [0.15, 0.2) is 0 Å². The molecule has 0 amide bonds. The van der Waals surface area contributed by atoms with Gasteiger partial charge in [-0.25, -0.2) is 15.0 Å². The topological polar surface area (TPSA) is 70.2 Å². The highest BCUT2D eigenvalue weighted by Crippen LogP contribution is 2.26. The number of imidazole rings is 1. The number of nitrogens with one attached hydrogen (secondary N) is 1. The molecule has 1 N–H and O–H groups in total. The number of hydrogen-bond donors (Lipinski definition) is 1. The monoisotopic (exact) mass is 300 g/mol. The molecular weight excluding hydrogens is 280 g/mol. The second kappa shape index (κ2) is 5.66. The summed E-state index contributed by atoms with van der Waals surface area (Å²) in [6.45, 7) is 6.38. The Bertz CT molecular complexity index is 630. The fraction of sp³-hybridized carbons (Fsp3) is 0.533. The highest BCUT2D eigenvalue weighted by molar-refractivity contribution is 5.33. The summed E-state index contributed by atoms with van der Waals surface area (Å²) in [6, 6.07) is 2.17. The van der Waals surface area contributed by atoms with Crippen LogP contribution in [0.25, 0.3) is 0 Å². The molecular formula is C15H20N6O. The molecule has 0 bridgehead atoms. The van der Waals surface area contributed by atoms with Gasteiger partial charge in [-0.2, -0.15) is 0 Å². The molecule has 2 aliphatic rings. The SMILES string of the molecule is Cc1[nH]cnc1CN1C[C@@H]2OCCN(c3ncccn3)[C@@H]2C1. The van der Waals surface area contributed by atoms with Crippen molar-refractivity contribution >= 4 is 5.95 Å². The van der Waals surface area contributed by atoms with E-state index >= 15 is 0 Å². The molecule has 7 nitrogen and oxygen atoms in total. The van der Waals surface area contributed by atoms with Crippen LogP contribution in [0.2, 0.25) is 0 Å². The van der Waals surface area contributed by atoms with Crippen LogP contribution in [0.4, 0.5) is 5.95 Å². The van der Waals surface area contributed by atoms with Gasteiger partial charge in [0.05, 0.1) is 30.8 Å². The van der Waals surface area contributed by atoms with E-state index in [9.17, 15) is 0 Å². The van der Waals surface area contributed by atoms with Gasteiger partial charge in [-0.15, -0.1) is 0 Å². The lowest BCUT2D eigenvalue weighted by Crippen LogP contribution is -2.51. The molecule has 7 heteroatoms. The number of aromatic nitrogens is 4. The Morgan fingerprint density at radius 1 is 1.27 bits per heavy atom. The first kappa shape index (κ1) is 13.7. The van der Waals surface area contributed by atoms with Gasteiger partial charge in [0.2, 0.25) is 5.95 Å². The number of likely N-dealkylation sites (tertiary alicyclic amines) is 1. The second-order valence-corrected chi connectivity index (χ2v) is 5.89. The van der Waals surface area contributed by atoms with Gasteiger partial charge in [-0.3, -0.25) is 4.90 Å². The molecule has 0 saturated carbocycles. The van der Waals surface area contributed by atoms with Crippen LogP contribution in [0.1, 0.15) is 11.4 Å². The highest BCUT2D eigenvalue weighted by Gasteiger charge is 2.41. The first-order chi connectivity index (χ1) is 10.8. The first-order valence-corrected chi connectivity index (χ1v) is 7.68. The van der Waals surface area contributed by atoms with Crippen molar-refractivity contribution in [3.8, 4) is 0 Å². The van der Waals surface area contributed by atoms with Gasteiger partial charge >= 0.3 is 0 Å². The van der Waals surface area contributed by atoms with Crippen molar-refractivity contribution in [2.24, 2.45) is 0 Å². The third-order valence-electron chi connectivity index (χ3n) is 4.49. The molecule has 2 aromatic heterocycles. The quantitative estimate of drug-likeness (QED) is 0.895. The molecule has 4 rings (SSSR count). The summed E-state index contributed by atoms with van der Waals surface area (Å²) in [4.78, 5) is 21.0. The summed E-state index contributed by atoms with van der Waals surface area (Å²) in [5, 5.41) is 0. The van der Waals surface area contributed by atoms with Crippen molar-refractivity contribution < 1.29 is 4.74 Å². The van der Waals surface area contributed by atoms with Gasteiger partial charge in [0, 0.05) is 44.3 Å². The maximum Gasteiger partial charge on any atom is 0.225 e. The minimum atomic E-state index is 0.219. The lowest BCUT2D eigenvalue weighted by Gasteiger charge is -2.36. The van der Waals surface area contributed by atoms with E-state index in [4.69, 9.17) is 4.74 Å². The predicted octanol–water partition coefficient (Wildman–Crippen LogP) is 0.598. The molecule has 2 fully saturated rings. The van der Waals surface area contributed by atoms with E-state index in [-0.39, 0.29) is 6.10 Å². The number of hydrogen-bond acceptors (Lipinski definition) is 6. The minimum absolute atomic E-state index is 0.219. The minimum Gasteiger partial charge on any atom is -0.373 e. The van der Waals surface area contributed by atoms with Crippen LogP contribution in [-0.4, -0.2) is 63.2 Å². The number of fused-ring (bicyclic) bond motifs is 1. The first-order valence-electron chi connectivity index (χ1n) is 7.68. The van der Waals surface area contributed by atoms with Crippen LogP contribution in [0.5, 0.6) is 0 Å². The Morgan fingerprint density at radius 2 is 2.14 bits per heavy atom. The van der Waals surface area contributed by atoms with Crippen LogP contribution in [0.15, 0.2) is 24.8 Å². The summed E-state index contributed by atoms with van der Waals surface area (Å²) in [7, 11) is 0. The zero-order valence-electron chi connectivity index (χ0n) is 12.6. The van der Waals surface area contributed by atoms with Gasteiger partial charge in [0.1, 0.15) is 0 Å². The van der Waals surface area contributed by atoms with Gasteiger partial charge in [-0.1, -0.05) is 0 Å². The number of aryl methyl sites for hydroxylation is 1. The predicted molar refractivity (Wildman–Crippen MR) is 81.5 cm³/mol. The summed E-state index contributed by atoms with van der Waals surface area (Å²) in [5.41, 5.74) is 2.25. The lowest BCUT2D eigenvalue weighted by molar-refractivity contribution is 0.0300. The van der Waals surface area contributed by atoms with Crippen LogP contribution in [-0.2, 0) is 11.3 Å². The van der Waals surface area contributed by atoms with E-state index < -0.39 is 0 Å². The van der Waals surface area contributed by atoms with Crippen molar-refractivity contribution in [3.05, 3.63) is 36.2 Å². The molecule has 2 atom stereocenters. The Kier molecular flexibility index (Phi) is 3.51. The molecule has 2 aliphatic heterocycles. The van der Waals surface area contributed by atoms with Crippen molar-refractivity contribution in [2.75, 3.05) is 31.1 Å². The number of morpholine rings is 1. The zero-order valence-corrected chi connectivity index (χ0v) is 12.6. The van der Waals surface area contributed by atoms with Crippen molar-refractivity contribution in [3.63, 3.8) is 0 Å². The number of H-pyrrole nitrogens is 1. The molecule has 0 spiro atoms. The largest absolute Gasteiger partial charge is 0.373 e. The maximum absolute atomic E-state index is 5.97. The smallest absolute Gasteiger partial charge is 0.225 e. The number of ether oxygens (including phenoxy) is 1. The molecule has 0 aromatic carbocycles. The summed E-state index contributed by atoms with van der Waals surface area (Å²) in [5.74, 6) is 0.804. The average Bonchev–Trinajstić information content (AvgIpc) is 3.14. The molecule has 116 valence electrons. The van der Waals surface area contributed by atoms with Crippen LogP contribution < -0.4 is 4.90 Å². The number of rotatable bonds is 3. The third kappa shape index (κ3) is 2.46. The standard InChI is InChI=1S/C15H20N6O/c1-11-12(19-10-18-11)7-20-8-13-14(9-20)22-6-5-21(13)15-16-3-2-4-17-15/h2-4,10,13-14H,5-9H2,1H3,(H,18,19)/t13-,14+/m1/s1. The average molecular weight is 300 g/mol. The second-order valence-electron chi connectivity index (χ2n) is 5.89. The van der Waals surface area contributed by atoms with Crippen LogP contribution in [0, 0.1) is 6.92 Å². The Morgan fingerprint density at radius 3 is 2.91 bits per heavy atom. The summed E-state index contributed by atoms with van der Waals surface area (Å²) in [6.07, 6.45) is 5.57. The van der Waals surface area contributed by atoms with Gasteiger partial charge in [-0.05, 0) is 13.0 Å². The molecule has 0 radical (unpaired) electrons. The van der Waals surface area contributed by atoms with Crippen LogP contribution in [0.3, 0.4) is 0 Å². The lowest BCUT2D eigenvalue weighted by atomic mass is 10.1. The molecule has 0 aliphatic carbocycles. The van der Waals surface area contributed by atoms with E-state index in [0.29, 0.717) is 6.04 Å². The highest BCUT2D eigenvalue weighted by atomic mass is 16.5. The Balaban J connectivity index is 1.50. The fourth-order valence-corrected chi connectivity index (χ4v) is 3.34. The Labute approximate surface area is 129 Å². The normalized spacial score (nSPS) is 25.4. The van der Waals surface area contributed by atoms with Crippen LogP contribution >= 0.6 is 0 Å². The third-order valence-corrected chi connectivity index (χ3v) is 4.49. The van der Waals surface area contributed by atoms with Gasteiger partial charge in [0.25, 0.3) is 0 Å². The zero-order chi connectivity index (χ0) is 14.9. The van der Waals surface area contributed by atoms with Crippen molar-refractivity contribution in [1.82, 2.24) is 24.8 Å². The summed E-state index contributed by atoms with van der Waals surface area (Å²) >= 11 is 0. The fourth-order valence-electron chi connectivity index (χ4n) is 3.34. The van der Waals surface area contributed by atoms with E-state index in [0.717, 1.165) is 50.1 Å². The molecule has 2 saturated heterocycles. The van der Waals surface area contributed by atoms with Crippen molar-refractivity contribution in [2.45, 2.75) is 25.6 Å². The number of aromatic amines is 1. The maximum atomic E-state index is 5.97.